The first-order valence-electron chi connectivity index (χ1n) is 6.50. The van der Waals surface area contributed by atoms with Gasteiger partial charge in [0.05, 0.1) is 10.9 Å². The van der Waals surface area contributed by atoms with Crippen molar-refractivity contribution in [2.24, 2.45) is 0 Å². The molecule has 0 bridgehead atoms. The summed E-state index contributed by atoms with van der Waals surface area (Å²) in [6.07, 6.45) is 3.66. The molecule has 1 N–H and O–H groups in total. The molecule has 1 aromatic carbocycles. The average Bonchev–Trinajstić information content (AvgIpc) is 3.09. The number of aromatic amines is 1. The average molecular weight is 310 g/mol. The van der Waals surface area contributed by atoms with Crippen LogP contribution in [0, 0.1) is 0 Å². The third kappa shape index (κ3) is 1.96. The van der Waals surface area contributed by atoms with E-state index < -0.39 is 0 Å². The fourth-order valence-electron chi connectivity index (χ4n) is 2.33. The second-order valence-corrected chi connectivity index (χ2v) is 5.56. The number of rotatable bonds is 2. The standard InChI is InChI=1S/C14H10N6OS/c1-22-9-3-4-11-10(6-9)14(21)20-7-8(2-5-12(20)15-11)13-16-18-19-17-13/h2-7H,1H3,(H,16,17,18,19). The zero-order valence-electron chi connectivity index (χ0n) is 11.5. The van der Waals surface area contributed by atoms with Crippen molar-refractivity contribution in [3.63, 3.8) is 0 Å². The smallest absolute Gasteiger partial charge is 0.265 e. The molecule has 22 heavy (non-hydrogen) atoms. The van der Waals surface area contributed by atoms with Gasteiger partial charge in [0.2, 0.25) is 5.82 Å². The largest absolute Gasteiger partial charge is 0.268 e. The Morgan fingerprint density at radius 2 is 2.14 bits per heavy atom. The highest BCUT2D eigenvalue weighted by molar-refractivity contribution is 7.98. The minimum atomic E-state index is -0.110. The number of hydrogen-bond donors (Lipinski definition) is 1. The zero-order chi connectivity index (χ0) is 15.1. The highest BCUT2D eigenvalue weighted by Gasteiger charge is 2.09. The van der Waals surface area contributed by atoms with Gasteiger partial charge in [-0.25, -0.2) is 4.98 Å². The lowest BCUT2D eigenvalue weighted by Gasteiger charge is -2.05. The monoisotopic (exact) mass is 310 g/mol. The number of hydrogen-bond acceptors (Lipinski definition) is 6. The molecule has 0 atom stereocenters. The molecule has 4 aromatic rings. The van der Waals surface area contributed by atoms with E-state index in [-0.39, 0.29) is 5.56 Å². The topological polar surface area (TPSA) is 88.8 Å². The molecule has 0 unspecified atom stereocenters. The van der Waals surface area contributed by atoms with E-state index in [1.807, 2.05) is 30.5 Å². The van der Waals surface area contributed by atoms with Gasteiger partial charge in [-0.1, -0.05) is 0 Å². The molecule has 0 spiro atoms. The number of fused-ring (bicyclic) bond motifs is 2. The van der Waals surface area contributed by atoms with E-state index in [2.05, 4.69) is 25.6 Å². The summed E-state index contributed by atoms with van der Waals surface area (Å²) in [6, 6.07) is 9.28. The number of thioether (sulfide) groups is 1. The van der Waals surface area contributed by atoms with Gasteiger partial charge in [-0.2, -0.15) is 5.21 Å². The summed E-state index contributed by atoms with van der Waals surface area (Å²) < 4.78 is 1.51. The predicted molar refractivity (Wildman–Crippen MR) is 83.9 cm³/mol. The molecule has 3 aromatic heterocycles. The van der Waals surface area contributed by atoms with Crippen LogP contribution in [-0.4, -0.2) is 36.3 Å². The van der Waals surface area contributed by atoms with Crippen LogP contribution < -0.4 is 5.56 Å². The van der Waals surface area contributed by atoms with E-state index in [1.165, 1.54) is 4.40 Å². The Bertz CT molecular complexity index is 1040. The van der Waals surface area contributed by atoms with E-state index in [0.717, 1.165) is 4.90 Å². The number of pyridine rings is 1. The first-order chi connectivity index (χ1) is 10.8. The minimum Gasteiger partial charge on any atom is -0.268 e. The van der Waals surface area contributed by atoms with Crippen LogP contribution in [-0.2, 0) is 0 Å². The van der Waals surface area contributed by atoms with Gasteiger partial charge < -0.3 is 0 Å². The summed E-state index contributed by atoms with van der Waals surface area (Å²) in [7, 11) is 0. The van der Waals surface area contributed by atoms with E-state index in [0.29, 0.717) is 27.9 Å². The number of H-pyrrole nitrogens is 1. The molecule has 0 amide bonds. The number of nitrogens with zero attached hydrogens (tertiary/aromatic N) is 5. The maximum Gasteiger partial charge on any atom is 0.265 e. The van der Waals surface area contributed by atoms with Crippen molar-refractivity contribution in [3.05, 3.63) is 46.9 Å². The highest BCUT2D eigenvalue weighted by atomic mass is 32.2. The lowest BCUT2D eigenvalue weighted by molar-refractivity contribution is 0.881. The number of aromatic nitrogens is 6. The van der Waals surface area contributed by atoms with Crippen molar-refractivity contribution in [1.82, 2.24) is 30.0 Å². The van der Waals surface area contributed by atoms with Gasteiger partial charge in [0.15, 0.2) is 0 Å². The maximum atomic E-state index is 12.7. The summed E-state index contributed by atoms with van der Waals surface area (Å²) in [6.45, 7) is 0. The molecule has 0 radical (unpaired) electrons. The Kier molecular flexibility index (Phi) is 2.90. The van der Waals surface area contributed by atoms with E-state index >= 15 is 0 Å². The number of tetrazole rings is 1. The lowest BCUT2D eigenvalue weighted by atomic mass is 10.2. The summed E-state index contributed by atoms with van der Waals surface area (Å²) >= 11 is 1.59. The second kappa shape index (κ2) is 4.92. The first kappa shape index (κ1) is 13.0. The fourth-order valence-corrected chi connectivity index (χ4v) is 2.77. The molecule has 0 saturated heterocycles. The van der Waals surface area contributed by atoms with Crippen molar-refractivity contribution in [2.75, 3.05) is 6.26 Å². The van der Waals surface area contributed by atoms with Crippen LogP contribution in [0.3, 0.4) is 0 Å². The van der Waals surface area contributed by atoms with Crippen molar-refractivity contribution >= 4 is 28.3 Å². The summed E-state index contributed by atoms with van der Waals surface area (Å²) in [5, 5.41) is 14.4. The fraction of sp³-hybridized carbons (Fsp3) is 0.0714. The van der Waals surface area contributed by atoms with Gasteiger partial charge >= 0.3 is 0 Å². The van der Waals surface area contributed by atoms with Gasteiger partial charge in [0, 0.05) is 16.7 Å². The molecule has 0 saturated carbocycles. The Hall–Kier alpha value is -2.74. The summed E-state index contributed by atoms with van der Waals surface area (Å²) in [5.74, 6) is 0.437. The maximum absolute atomic E-state index is 12.7. The predicted octanol–water partition coefficient (Wildman–Crippen LogP) is 1.75. The molecule has 108 valence electrons. The molecule has 0 fully saturated rings. The third-order valence-electron chi connectivity index (χ3n) is 3.42. The molecule has 0 aliphatic rings. The van der Waals surface area contributed by atoms with Crippen LogP contribution in [0.2, 0.25) is 0 Å². The van der Waals surface area contributed by atoms with Crippen molar-refractivity contribution < 1.29 is 0 Å². The molecule has 7 nitrogen and oxygen atoms in total. The molecule has 3 heterocycles. The molecular formula is C14H10N6OS. The Morgan fingerprint density at radius 3 is 2.91 bits per heavy atom. The highest BCUT2D eigenvalue weighted by Crippen LogP contribution is 2.20. The van der Waals surface area contributed by atoms with Crippen LogP contribution >= 0.6 is 11.8 Å². The van der Waals surface area contributed by atoms with Gasteiger partial charge in [-0.3, -0.25) is 9.20 Å². The van der Waals surface area contributed by atoms with Gasteiger partial charge in [-0.05, 0) is 41.8 Å². The van der Waals surface area contributed by atoms with Gasteiger partial charge in [0.1, 0.15) is 5.65 Å². The van der Waals surface area contributed by atoms with Crippen LogP contribution in [0.4, 0.5) is 0 Å². The Balaban J connectivity index is 2.05. The van der Waals surface area contributed by atoms with Crippen LogP contribution in [0.25, 0.3) is 27.9 Å². The SMILES string of the molecule is CSc1ccc2nc3ccc(-c4nn[nH]n4)cn3c(=O)c2c1. The van der Waals surface area contributed by atoms with Crippen LogP contribution in [0.15, 0.2) is 46.2 Å². The molecule has 0 aliphatic heterocycles. The zero-order valence-corrected chi connectivity index (χ0v) is 12.3. The number of nitrogens with one attached hydrogen (secondary N) is 1. The normalized spacial score (nSPS) is 11.3. The van der Waals surface area contributed by atoms with Crippen LogP contribution in [0.5, 0.6) is 0 Å². The summed E-state index contributed by atoms with van der Waals surface area (Å²) in [4.78, 5) is 18.3. The number of benzene rings is 1. The van der Waals surface area contributed by atoms with E-state index in [4.69, 9.17) is 0 Å². The molecule has 4 rings (SSSR count). The van der Waals surface area contributed by atoms with Crippen molar-refractivity contribution in [3.8, 4) is 11.4 Å². The molecular weight excluding hydrogens is 300 g/mol. The van der Waals surface area contributed by atoms with E-state index in [1.54, 1.807) is 24.0 Å². The van der Waals surface area contributed by atoms with Crippen molar-refractivity contribution in [2.45, 2.75) is 4.90 Å². The Morgan fingerprint density at radius 1 is 1.23 bits per heavy atom. The summed E-state index contributed by atoms with van der Waals surface area (Å²) in [5.41, 5.74) is 1.86. The Labute approximate surface area is 128 Å². The molecule has 8 heteroatoms. The first-order valence-corrected chi connectivity index (χ1v) is 7.73. The second-order valence-electron chi connectivity index (χ2n) is 4.68. The minimum absolute atomic E-state index is 0.110. The van der Waals surface area contributed by atoms with Gasteiger partial charge in [0.25, 0.3) is 5.56 Å². The van der Waals surface area contributed by atoms with Crippen LogP contribution in [0.1, 0.15) is 0 Å². The van der Waals surface area contributed by atoms with Crippen molar-refractivity contribution in [1.29, 1.82) is 0 Å². The molecule has 0 aliphatic carbocycles. The lowest BCUT2D eigenvalue weighted by Crippen LogP contribution is -2.15. The third-order valence-corrected chi connectivity index (χ3v) is 4.14. The van der Waals surface area contributed by atoms with E-state index in [9.17, 15) is 4.79 Å². The quantitative estimate of drug-likeness (QED) is 0.448. The van der Waals surface area contributed by atoms with Gasteiger partial charge in [-0.15, -0.1) is 22.0 Å².